The van der Waals surface area contributed by atoms with Crippen LogP contribution in [0.5, 0.6) is 0 Å². The molecule has 4 aromatic rings. The zero-order valence-electron chi connectivity index (χ0n) is 17.9. The highest BCUT2D eigenvalue weighted by Crippen LogP contribution is 2.35. The second-order valence-corrected chi connectivity index (χ2v) is 10.1. The Balaban J connectivity index is 1.61. The van der Waals surface area contributed by atoms with Gasteiger partial charge in [-0.05, 0) is 43.3 Å². The number of amides is 1. The summed E-state index contributed by atoms with van der Waals surface area (Å²) in [6, 6.07) is 5.97. The van der Waals surface area contributed by atoms with Gasteiger partial charge in [0.25, 0.3) is 5.56 Å². The molecule has 0 atom stereocenters. The monoisotopic (exact) mass is 470 g/mol. The highest BCUT2D eigenvalue weighted by atomic mass is 32.2. The van der Waals surface area contributed by atoms with E-state index in [4.69, 9.17) is 4.98 Å². The lowest BCUT2D eigenvalue weighted by Crippen LogP contribution is -2.24. The number of carbonyl (C=O) groups excluding carboxylic acids is 1. The van der Waals surface area contributed by atoms with Crippen LogP contribution >= 0.6 is 34.4 Å². The highest BCUT2D eigenvalue weighted by Gasteiger charge is 2.22. The van der Waals surface area contributed by atoms with Crippen LogP contribution < -0.4 is 10.5 Å². The highest BCUT2D eigenvalue weighted by molar-refractivity contribution is 7.98. The molecule has 31 heavy (non-hydrogen) atoms. The van der Waals surface area contributed by atoms with E-state index < -0.39 is 0 Å². The van der Waals surface area contributed by atoms with E-state index >= 15 is 0 Å². The summed E-state index contributed by atoms with van der Waals surface area (Å²) in [5, 5.41) is 5.79. The summed E-state index contributed by atoms with van der Waals surface area (Å²) in [7, 11) is 1.74. The summed E-state index contributed by atoms with van der Waals surface area (Å²) in [6.07, 6.45) is 0. The number of nitrogens with zero attached hydrogens (tertiary/aromatic N) is 4. The van der Waals surface area contributed by atoms with E-state index in [1.54, 1.807) is 23.4 Å². The molecule has 0 spiro atoms. The molecule has 160 valence electrons. The van der Waals surface area contributed by atoms with Crippen molar-refractivity contribution in [2.45, 2.75) is 38.6 Å². The minimum Gasteiger partial charge on any atom is -0.290 e. The van der Waals surface area contributed by atoms with Gasteiger partial charge in [-0.15, -0.1) is 22.7 Å². The van der Waals surface area contributed by atoms with Crippen LogP contribution in [-0.4, -0.2) is 20.4 Å². The average molecular weight is 471 g/mol. The van der Waals surface area contributed by atoms with E-state index in [1.807, 2.05) is 30.7 Å². The van der Waals surface area contributed by atoms with Crippen LogP contribution in [0, 0.1) is 20.8 Å². The van der Waals surface area contributed by atoms with Gasteiger partial charge >= 0.3 is 0 Å². The first-order valence-electron chi connectivity index (χ1n) is 9.66. The van der Waals surface area contributed by atoms with Gasteiger partial charge in [0, 0.05) is 25.1 Å². The van der Waals surface area contributed by atoms with Crippen molar-refractivity contribution in [2.75, 3.05) is 4.90 Å². The summed E-state index contributed by atoms with van der Waals surface area (Å²) < 4.78 is 1.58. The van der Waals surface area contributed by atoms with Crippen LogP contribution in [0.15, 0.2) is 38.9 Å². The molecule has 0 aliphatic rings. The van der Waals surface area contributed by atoms with E-state index in [0.717, 1.165) is 27.3 Å². The van der Waals surface area contributed by atoms with Crippen LogP contribution in [0.2, 0.25) is 0 Å². The molecule has 1 aromatic carbocycles. The number of rotatable bonds is 5. The van der Waals surface area contributed by atoms with Gasteiger partial charge in [0.2, 0.25) is 5.91 Å². The molecular formula is C22H22N4O2S3. The fourth-order valence-electron chi connectivity index (χ4n) is 3.63. The van der Waals surface area contributed by atoms with Crippen molar-refractivity contribution in [1.82, 2.24) is 14.5 Å². The molecule has 0 bridgehead atoms. The molecule has 0 fully saturated rings. The standard InChI is InChI=1S/C22H22N4O2S3/c1-12-8-13(2)18(14(3)9-12)26(15(4)27)22-23-16(11-31-22)10-30-21-24-19-17(6-7-29-19)20(28)25(21)5/h6-9,11H,10H2,1-5H3. The summed E-state index contributed by atoms with van der Waals surface area (Å²) in [6.45, 7) is 7.64. The number of thioether (sulfide) groups is 1. The van der Waals surface area contributed by atoms with Crippen molar-refractivity contribution in [3.05, 3.63) is 61.7 Å². The summed E-state index contributed by atoms with van der Waals surface area (Å²) in [5.41, 5.74) is 4.95. The molecule has 4 rings (SSSR count). The first kappa shape index (κ1) is 21.7. The average Bonchev–Trinajstić information content (AvgIpc) is 3.35. The van der Waals surface area contributed by atoms with Gasteiger partial charge in [-0.2, -0.15) is 0 Å². The molecule has 3 aromatic heterocycles. The van der Waals surface area contributed by atoms with Crippen LogP contribution in [0.25, 0.3) is 10.2 Å². The van der Waals surface area contributed by atoms with Crippen molar-refractivity contribution < 1.29 is 4.79 Å². The zero-order chi connectivity index (χ0) is 22.3. The number of aryl methyl sites for hydroxylation is 3. The number of thiophene rings is 1. The van der Waals surface area contributed by atoms with Gasteiger partial charge in [0.05, 0.1) is 16.8 Å². The number of hydrogen-bond donors (Lipinski definition) is 0. The van der Waals surface area contributed by atoms with Gasteiger partial charge in [-0.1, -0.05) is 29.5 Å². The Morgan fingerprint density at radius 1 is 1.16 bits per heavy atom. The van der Waals surface area contributed by atoms with Gasteiger partial charge < -0.3 is 0 Å². The Hall–Kier alpha value is -2.49. The second kappa shape index (κ2) is 8.57. The molecule has 0 saturated carbocycles. The van der Waals surface area contributed by atoms with Crippen molar-refractivity contribution in [2.24, 2.45) is 7.05 Å². The van der Waals surface area contributed by atoms with E-state index in [0.29, 0.717) is 21.4 Å². The lowest BCUT2D eigenvalue weighted by molar-refractivity contribution is -0.115. The number of thiazole rings is 1. The van der Waals surface area contributed by atoms with Crippen molar-refractivity contribution >= 4 is 61.4 Å². The van der Waals surface area contributed by atoms with Gasteiger partial charge in [-0.25, -0.2) is 9.97 Å². The third kappa shape index (κ3) is 4.17. The fourth-order valence-corrected chi connectivity index (χ4v) is 6.27. The number of carbonyl (C=O) groups is 1. The minimum atomic E-state index is -0.0733. The van der Waals surface area contributed by atoms with Crippen molar-refractivity contribution in [1.29, 1.82) is 0 Å². The molecule has 0 aliphatic heterocycles. The smallest absolute Gasteiger partial charge is 0.262 e. The predicted molar refractivity (Wildman–Crippen MR) is 130 cm³/mol. The third-order valence-corrected chi connectivity index (χ3v) is 7.66. The van der Waals surface area contributed by atoms with E-state index in [9.17, 15) is 9.59 Å². The molecule has 1 amide bonds. The molecule has 3 heterocycles. The number of benzene rings is 1. The van der Waals surface area contributed by atoms with E-state index in [-0.39, 0.29) is 11.5 Å². The maximum absolute atomic E-state index is 12.5. The topological polar surface area (TPSA) is 68.1 Å². The Kier molecular flexibility index (Phi) is 6.00. The van der Waals surface area contributed by atoms with Crippen molar-refractivity contribution in [3.63, 3.8) is 0 Å². The molecule has 9 heteroatoms. The summed E-state index contributed by atoms with van der Waals surface area (Å²) in [5.74, 6) is 0.487. The van der Waals surface area contributed by atoms with Gasteiger partial charge in [-0.3, -0.25) is 19.1 Å². The molecule has 0 radical (unpaired) electrons. The molecule has 0 aliphatic carbocycles. The second-order valence-electron chi connectivity index (χ2n) is 7.41. The predicted octanol–water partition coefficient (Wildman–Crippen LogP) is 5.35. The van der Waals surface area contributed by atoms with Crippen LogP contribution in [0.3, 0.4) is 0 Å². The number of aromatic nitrogens is 3. The molecule has 6 nitrogen and oxygen atoms in total. The molecule has 0 N–H and O–H groups in total. The summed E-state index contributed by atoms with van der Waals surface area (Å²) >= 11 is 4.37. The van der Waals surface area contributed by atoms with Crippen LogP contribution in [-0.2, 0) is 17.6 Å². The lowest BCUT2D eigenvalue weighted by Gasteiger charge is -2.23. The zero-order valence-corrected chi connectivity index (χ0v) is 20.4. The maximum Gasteiger partial charge on any atom is 0.262 e. The van der Waals surface area contributed by atoms with E-state index in [2.05, 4.69) is 24.0 Å². The Morgan fingerprint density at radius 3 is 2.55 bits per heavy atom. The quantitative estimate of drug-likeness (QED) is 0.290. The Bertz CT molecular complexity index is 1330. The number of hydrogen-bond acceptors (Lipinski definition) is 7. The first-order chi connectivity index (χ1) is 14.8. The molecule has 0 saturated heterocycles. The van der Waals surface area contributed by atoms with Crippen molar-refractivity contribution in [3.8, 4) is 0 Å². The third-order valence-electron chi connectivity index (χ3n) is 4.92. The van der Waals surface area contributed by atoms with Crippen LogP contribution in [0.1, 0.15) is 29.3 Å². The van der Waals surface area contributed by atoms with E-state index in [1.165, 1.54) is 40.0 Å². The summed E-state index contributed by atoms with van der Waals surface area (Å²) in [4.78, 5) is 36.8. The Morgan fingerprint density at radius 2 is 1.87 bits per heavy atom. The maximum atomic E-state index is 12.5. The van der Waals surface area contributed by atoms with Gasteiger partial charge in [0.15, 0.2) is 10.3 Å². The lowest BCUT2D eigenvalue weighted by atomic mass is 10.0. The first-order valence-corrected chi connectivity index (χ1v) is 12.4. The fraction of sp³-hybridized carbons (Fsp3) is 0.273. The minimum absolute atomic E-state index is 0.0409. The van der Waals surface area contributed by atoms with Crippen LogP contribution in [0.4, 0.5) is 10.8 Å². The molecular weight excluding hydrogens is 448 g/mol. The largest absolute Gasteiger partial charge is 0.290 e. The van der Waals surface area contributed by atoms with Gasteiger partial charge in [0.1, 0.15) is 4.83 Å². The molecule has 0 unspecified atom stereocenters. The normalized spacial score (nSPS) is 11.3. The number of anilines is 2. The number of fused-ring (bicyclic) bond motifs is 1. The SMILES string of the molecule is CC(=O)N(c1nc(CSc2nc3sccc3c(=O)n2C)cs1)c1c(C)cc(C)cc1C. The Labute approximate surface area is 192 Å².